The number of rotatable bonds is 4. The molecule has 92 valence electrons. The third-order valence-electron chi connectivity index (χ3n) is 2.07. The molecular formula is C10H11ClN2O4. The van der Waals surface area contributed by atoms with Crippen molar-refractivity contribution in [1.29, 1.82) is 0 Å². The second-order valence-electron chi connectivity index (χ2n) is 3.45. The number of aliphatic hydroxyl groups excluding tert-OH is 1. The minimum atomic E-state index is -0.658. The molecule has 1 aromatic rings. The van der Waals surface area contributed by atoms with Crippen molar-refractivity contribution in [2.75, 3.05) is 6.61 Å². The Morgan fingerprint density at radius 2 is 2.29 bits per heavy atom. The molecule has 0 unspecified atom stereocenters. The minimum absolute atomic E-state index is 0.0150. The summed E-state index contributed by atoms with van der Waals surface area (Å²) in [6, 6.07) is 3.53. The number of nitro benzene ring substituents is 1. The zero-order chi connectivity index (χ0) is 13.0. The third kappa shape index (κ3) is 3.15. The average molecular weight is 259 g/mol. The van der Waals surface area contributed by atoms with Crippen molar-refractivity contribution in [1.82, 2.24) is 5.32 Å². The van der Waals surface area contributed by atoms with Gasteiger partial charge in [0.1, 0.15) is 5.02 Å². The molecule has 0 radical (unpaired) electrons. The zero-order valence-corrected chi connectivity index (χ0v) is 9.77. The number of carbonyl (C=O) groups excluding carboxylic acids is 1. The van der Waals surface area contributed by atoms with Crippen LogP contribution >= 0.6 is 11.6 Å². The van der Waals surface area contributed by atoms with Gasteiger partial charge >= 0.3 is 0 Å². The first-order valence-electron chi connectivity index (χ1n) is 4.82. The number of amides is 1. The summed E-state index contributed by atoms with van der Waals surface area (Å²) in [5.41, 5.74) is -0.308. The number of carbonyl (C=O) groups is 1. The first-order chi connectivity index (χ1) is 7.97. The number of nitro groups is 1. The molecule has 0 aliphatic rings. The van der Waals surface area contributed by atoms with Gasteiger partial charge in [-0.05, 0) is 13.0 Å². The Hall–Kier alpha value is -1.66. The molecule has 1 rings (SSSR count). The lowest BCUT2D eigenvalue weighted by Gasteiger charge is -2.11. The highest BCUT2D eigenvalue weighted by Gasteiger charge is 2.20. The van der Waals surface area contributed by atoms with Gasteiger partial charge in [0, 0.05) is 12.1 Å². The molecule has 0 spiro atoms. The fraction of sp³-hybridized carbons (Fsp3) is 0.300. The van der Waals surface area contributed by atoms with Crippen LogP contribution in [-0.2, 0) is 0 Å². The molecule has 2 N–H and O–H groups in total. The van der Waals surface area contributed by atoms with E-state index in [4.69, 9.17) is 16.7 Å². The number of nitrogens with one attached hydrogen (secondary N) is 1. The summed E-state index contributed by atoms with van der Waals surface area (Å²) in [4.78, 5) is 21.6. The Morgan fingerprint density at radius 3 is 2.82 bits per heavy atom. The van der Waals surface area contributed by atoms with Crippen LogP contribution in [0.1, 0.15) is 17.3 Å². The standard InChI is InChI=1S/C10H11ClN2O4/c1-6(5-14)12-10(15)7-3-2-4-8(9(7)11)13(16)17/h2-4,6,14H,5H2,1H3,(H,12,15)/t6-/m1/s1. The lowest BCUT2D eigenvalue weighted by Crippen LogP contribution is -2.35. The SMILES string of the molecule is C[C@H](CO)NC(=O)c1cccc([N+](=O)[O-])c1Cl. The molecular weight excluding hydrogens is 248 g/mol. The van der Waals surface area contributed by atoms with Gasteiger partial charge in [-0.25, -0.2) is 0 Å². The highest BCUT2D eigenvalue weighted by Crippen LogP contribution is 2.27. The number of aliphatic hydroxyl groups is 1. The number of halogens is 1. The molecule has 1 atom stereocenters. The molecule has 0 heterocycles. The van der Waals surface area contributed by atoms with E-state index in [1.54, 1.807) is 6.92 Å². The van der Waals surface area contributed by atoms with Crippen molar-refractivity contribution >= 4 is 23.2 Å². The fourth-order valence-corrected chi connectivity index (χ4v) is 1.46. The first-order valence-corrected chi connectivity index (χ1v) is 5.19. The Morgan fingerprint density at radius 1 is 1.65 bits per heavy atom. The highest BCUT2D eigenvalue weighted by molar-refractivity contribution is 6.35. The lowest BCUT2D eigenvalue weighted by atomic mass is 10.1. The molecule has 0 saturated heterocycles. The maximum absolute atomic E-state index is 11.7. The van der Waals surface area contributed by atoms with Crippen molar-refractivity contribution in [2.45, 2.75) is 13.0 Å². The van der Waals surface area contributed by atoms with Crippen LogP contribution in [0, 0.1) is 10.1 Å². The van der Waals surface area contributed by atoms with Crippen LogP contribution in [0.4, 0.5) is 5.69 Å². The molecule has 7 heteroatoms. The number of nitrogens with zero attached hydrogens (tertiary/aromatic N) is 1. The monoisotopic (exact) mass is 258 g/mol. The summed E-state index contributed by atoms with van der Waals surface area (Å²) >= 11 is 5.76. The molecule has 17 heavy (non-hydrogen) atoms. The van der Waals surface area contributed by atoms with Crippen LogP contribution in [0.3, 0.4) is 0 Å². The second kappa shape index (κ2) is 5.60. The second-order valence-corrected chi connectivity index (χ2v) is 3.83. The van der Waals surface area contributed by atoms with E-state index in [1.165, 1.54) is 18.2 Å². The summed E-state index contributed by atoms with van der Waals surface area (Å²) < 4.78 is 0. The third-order valence-corrected chi connectivity index (χ3v) is 2.47. The van der Waals surface area contributed by atoms with E-state index in [-0.39, 0.29) is 22.9 Å². The first kappa shape index (κ1) is 13.4. The van der Waals surface area contributed by atoms with E-state index in [1.807, 2.05) is 0 Å². The van der Waals surface area contributed by atoms with Gasteiger partial charge in [0.2, 0.25) is 0 Å². The molecule has 1 amide bonds. The number of benzene rings is 1. The van der Waals surface area contributed by atoms with Gasteiger partial charge in [0.15, 0.2) is 0 Å². The average Bonchev–Trinajstić information content (AvgIpc) is 2.28. The van der Waals surface area contributed by atoms with Crippen LogP contribution in [0.25, 0.3) is 0 Å². The van der Waals surface area contributed by atoms with Gasteiger partial charge in [-0.1, -0.05) is 17.7 Å². The van der Waals surface area contributed by atoms with Crippen LogP contribution in [0.5, 0.6) is 0 Å². The topological polar surface area (TPSA) is 92.5 Å². The van der Waals surface area contributed by atoms with Crippen LogP contribution in [0.15, 0.2) is 18.2 Å². The molecule has 0 bridgehead atoms. The predicted octanol–water partition coefficient (Wildman–Crippen LogP) is 1.36. The van der Waals surface area contributed by atoms with Gasteiger partial charge in [-0.3, -0.25) is 14.9 Å². The van der Waals surface area contributed by atoms with E-state index < -0.39 is 16.9 Å². The zero-order valence-electron chi connectivity index (χ0n) is 9.01. The Bertz CT molecular complexity index is 450. The molecule has 0 saturated carbocycles. The largest absolute Gasteiger partial charge is 0.394 e. The Labute approximate surface area is 102 Å². The molecule has 1 aromatic carbocycles. The molecule has 6 nitrogen and oxygen atoms in total. The van der Waals surface area contributed by atoms with E-state index >= 15 is 0 Å². The number of hydrogen-bond donors (Lipinski definition) is 2. The van der Waals surface area contributed by atoms with Crippen LogP contribution in [0.2, 0.25) is 5.02 Å². The van der Waals surface area contributed by atoms with Gasteiger partial charge in [-0.2, -0.15) is 0 Å². The summed E-state index contributed by atoms with van der Waals surface area (Å²) in [5, 5.41) is 21.7. The lowest BCUT2D eigenvalue weighted by molar-refractivity contribution is -0.384. The maximum atomic E-state index is 11.7. The van der Waals surface area contributed by atoms with Gasteiger partial charge in [0.05, 0.1) is 17.1 Å². The van der Waals surface area contributed by atoms with Gasteiger partial charge in [0.25, 0.3) is 11.6 Å². The van der Waals surface area contributed by atoms with Crippen molar-refractivity contribution in [3.05, 3.63) is 38.9 Å². The summed E-state index contributed by atoms with van der Waals surface area (Å²) in [6.07, 6.45) is 0. The molecule has 0 aliphatic heterocycles. The Kier molecular flexibility index (Phi) is 4.42. The maximum Gasteiger partial charge on any atom is 0.288 e. The normalized spacial score (nSPS) is 11.9. The molecule has 0 aliphatic carbocycles. The number of hydrogen-bond acceptors (Lipinski definition) is 4. The van der Waals surface area contributed by atoms with E-state index in [0.29, 0.717) is 0 Å². The molecule has 0 fully saturated rings. The highest BCUT2D eigenvalue weighted by atomic mass is 35.5. The van der Waals surface area contributed by atoms with Crippen LogP contribution in [-0.4, -0.2) is 28.6 Å². The Balaban J connectivity index is 3.02. The smallest absolute Gasteiger partial charge is 0.288 e. The van der Waals surface area contributed by atoms with Crippen molar-refractivity contribution in [3.8, 4) is 0 Å². The van der Waals surface area contributed by atoms with E-state index in [9.17, 15) is 14.9 Å². The van der Waals surface area contributed by atoms with Crippen molar-refractivity contribution in [2.24, 2.45) is 0 Å². The van der Waals surface area contributed by atoms with Gasteiger partial charge < -0.3 is 10.4 Å². The molecule has 0 aromatic heterocycles. The predicted molar refractivity (Wildman–Crippen MR) is 62.1 cm³/mol. The minimum Gasteiger partial charge on any atom is -0.394 e. The van der Waals surface area contributed by atoms with E-state index in [0.717, 1.165) is 0 Å². The summed E-state index contributed by atoms with van der Waals surface area (Å²) in [6.45, 7) is 1.38. The summed E-state index contributed by atoms with van der Waals surface area (Å²) in [5.74, 6) is -0.555. The van der Waals surface area contributed by atoms with Crippen molar-refractivity contribution in [3.63, 3.8) is 0 Å². The summed E-state index contributed by atoms with van der Waals surface area (Å²) in [7, 11) is 0. The van der Waals surface area contributed by atoms with Crippen LogP contribution < -0.4 is 5.32 Å². The van der Waals surface area contributed by atoms with Crippen molar-refractivity contribution < 1.29 is 14.8 Å². The van der Waals surface area contributed by atoms with E-state index in [2.05, 4.69) is 5.32 Å². The fourth-order valence-electron chi connectivity index (χ4n) is 1.18. The quantitative estimate of drug-likeness (QED) is 0.630. The van der Waals surface area contributed by atoms with Gasteiger partial charge in [-0.15, -0.1) is 0 Å².